The number of nitrogens with one attached hydrogen (secondary N) is 1. The fourth-order valence-electron chi connectivity index (χ4n) is 4.51. The van der Waals surface area contributed by atoms with E-state index < -0.39 is 0 Å². The van der Waals surface area contributed by atoms with Crippen molar-refractivity contribution in [1.29, 1.82) is 0 Å². The molecule has 0 bridgehead atoms. The maximum absolute atomic E-state index is 14.0. The summed E-state index contributed by atoms with van der Waals surface area (Å²) < 4.78 is 27.8. The van der Waals surface area contributed by atoms with Gasteiger partial charge in [0.15, 0.2) is 0 Å². The van der Waals surface area contributed by atoms with Crippen molar-refractivity contribution in [1.82, 2.24) is 10.2 Å². The fraction of sp³-hybridized carbons (Fsp3) is 0.296. The van der Waals surface area contributed by atoms with E-state index in [1.165, 1.54) is 12.1 Å². The third kappa shape index (κ3) is 5.79. The summed E-state index contributed by atoms with van der Waals surface area (Å²) in [7, 11) is 0. The number of hydrogen-bond donors (Lipinski definition) is 1. The number of amides is 1. The maximum Gasteiger partial charge on any atom is 0.224 e. The molecule has 0 unspecified atom stereocenters. The van der Waals surface area contributed by atoms with E-state index in [1.54, 1.807) is 31.2 Å². The molecule has 3 aromatic rings. The Labute approximate surface area is 198 Å². The van der Waals surface area contributed by atoms with Crippen molar-refractivity contribution in [3.8, 4) is 0 Å². The molecule has 33 heavy (non-hydrogen) atoms. The topological polar surface area (TPSA) is 32.3 Å². The van der Waals surface area contributed by atoms with Crippen molar-refractivity contribution in [3.05, 3.63) is 106 Å². The van der Waals surface area contributed by atoms with Gasteiger partial charge in [-0.25, -0.2) is 8.78 Å². The van der Waals surface area contributed by atoms with Gasteiger partial charge in [-0.2, -0.15) is 0 Å². The number of hydrogen-bond acceptors (Lipinski definition) is 2. The molecule has 172 valence electrons. The van der Waals surface area contributed by atoms with E-state index >= 15 is 0 Å². The average Bonchev–Trinajstić information content (AvgIpc) is 2.81. The monoisotopic (exact) mass is 468 g/mol. The van der Waals surface area contributed by atoms with Crippen LogP contribution in [0.2, 0.25) is 5.02 Å². The number of nitrogens with zero attached hydrogens (tertiary/aromatic N) is 1. The van der Waals surface area contributed by atoms with Crippen molar-refractivity contribution in [2.24, 2.45) is 5.92 Å². The number of piperidine rings is 1. The molecule has 6 heteroatoms. The molecule has 0 radical (unpaired) electrons. The molecule has 4 rings (SSSR count). The number of carbonyl (C=O) groups excluding carboxylic acids is 1. The zero-order chi connectivity index (χ0) is 23.4. The summed E-state index contributed by atoms with van der Waals surface area (Å²) in [5.74, 6) is -0.873. The zero-order valence-electron chi connectivity index (χ0n) is 18.5. The minimum atomic E-state index is -0.332. The highest BCUT2D eigenvalue weighted by Crippen LogP contribution is 2.33. The fourth-order valence-corrected chi connectivity index (χ4v) is 4.70. The van der Waals surface area contributed by atoms with Crippen LogP contribution in [0.5, 0.6) is 0 Å². The molecule has 1 heterocycles. The van der Waals surface area contributed by atoms with Crippen LogP contribution >= 0.6 is 11.6 Å². The Balaban J connectivity index is 1.53. The Morgan fingerprint density at radius 3 is 2.45 bits per heavy atom. The van der Waals surface area contributed by atoms with Crippen LogP contribution in [0.25, 0.3) is 0 Å². The predicted molar refractivity (Wildman–Crippen MR) is 127 cm³/mol. The molecule has 2 atom stereocenters. The van der Waals surface area contributed by atoms with E-state index in [9.17, 15) is 13.6 Å². The van der Waals surface area contributed by atoms with Crippen LogP contribution in [0.4, 0.5) is 8.78 Å². The van der Waals surface area contributed by atoms with Crippen molar-refractivity contribution in [2.45, 2.75) is 32.4 Å². The van der Waals surface area contributed by atoms with Crippen molar-refractivity contribution < 1.29 is 13.6 Å². The highest BCUT2D eigenvalue weighted by atomic mass is 35.5. The van der Waals surface area contributed by atoms with Crippen LogP contribution in [0.1, 0.15) is 34.6 Å². The van der Waals surface area contributed by atoms with Crippen LogP contribution in [0.15, 0.2) is 66.7 Å². The number of rotatable bonds is 6. The second-order valence-corrected chi connectivity index (χ2v) is 9.14. The second kappa shape index (κ2) is 10.4. The number of halogens is 3. The summed E-state index contributed by atoms with van der Waals surface area (Å²) in [6, 6.07) is 19.3. The summed E-state index contributed by atoms with van der Waals surface area (Å²) in [5.41, 5.74) is 3.07. The molecule has 3 aromatic carbocycles. The Hall–Kier alpha value is -2.76. The van der Waals surface area contributed by atoms with Gasteiger partial charge >= 0.3 is 0 Å². The van der Waals surface area contributed by atoms with E-state index in [1.807, 2.05) is 30.3 Å². The van der Waals surface area contributed by atoms with E-state index in [2.05, 4.69) is 10.2 Å². The zero-order valence-corrected chi connectivity index (χ0v) is 19.3. The van der Waals surface area contributed by atoms with Gasteiger partial charge in [-0.1, -0.05) is 60.1 Å². The molecular formula is C27H27ClF2N2O. The minimum Gasteiger partial charge on any atom is -0.352 e. The first-order valence-corrected chi connectivity index (χ1v) is 11.5. The van der Waals surface area contributed by atoms with Gasteiger partial charge in [0, 0.05) is 36.8 Å². The Morgan fingerprint density at radius 1 is 1.00 bits per heavy atom. The third-order valence-electron chi connectivity index (χ3n) is 6.31. The van der Waals surface area contributed by atoms with E-state index in [4.69, 9.17) is 11.6 Å². The molecule has 0 aromatic heterocycles. The molecule has 1 saturated heterocycles. The molecule has 1 fully saturated rings. The van der Waals surface area contributed by atoms with Crippen LogP contribution in [0.3, 0.4) is 0 Å². The Kier molecular flexibility index (Phi) is 7.41. The summed E-state index contributed by atoms with van der Waals surface area (Å²) in [6.45, 7) is 3.83. The highest BCUT2D eigenvalue weighted by molar-refractivity contribution is 6.31. The van der Waals surface area contributed by atoms with Gasteiger partial charge in [0.05, 0.1) is 5.92 Å². The normalized spacial score (nSPS) is 18.8. The Morgan fingerprint density at radius 2 is 1.73 bits per heavy atom. The quantitative estimate of drug-likeness (QED) is 0.492. The predicted octanol–water partition coefficient (Wildman–Crippen LogP) is 5.85. The molecule has 3 nitrogen and oxygen atoms in total. The molecule has 1 aliphatic rings. The maximum atomic E-state index is 14.0. The van der Waals surface area contributed by atoms with Crippen molar-refractivity contribution in [2.75, 3.05) is 13.1 Å². The average molecular weight is 469 g/mol. The number of benzene rings is 3. The number of likely N-dealkylation sites (tertiary alicyclic amines) is 1. The summed E-state index contributed by atoms with van der Waals surface area (Å²) in [4.78, 5) is 15.3. The third-order valence-corrected chi connectivity index (χ3v) is 6.68. The van der Waals surface area contributed by atoms with Crippen LogP contribution in [-0.4, -0.2) is 23.9 Å². The molecule has 0 saturated carbocycles. The SMILES string of the molecule is Cc1cc([C@@H]2C[C@@H](C(=O)NCc3ccccc3F)CN(Cc3ccccc3Cl)C2)ccc1F. The second-order valence-electron chi connectivity index (χ2n) is 8.73. The molecule has 0 spiro atoms. The van der Waals surface area contributed by atoms with E-state index in [0.717, 1.165) is 17.7 Å². The van der Waals surface area contributed by atoms with Crippen molar-refractivity contribution in [3.63, 3.8) is 0 Å². The van der Waals surface area contributed by atoms with Crippen LogP contribution < -0.4 is 5.32 Å². The van der Waals surface area contributed by atoms with Gasteiger partial charge in [0.2, 0.25) is 5.91 Å². The smallest absolute Gasteiger partial charge is 0.224 e. The molecular weight excluding hydrogens is 442 g/mol. The van der Waals surface area contributed by atoms with Crippen LogP contribution in [0, 0.1) is 24.5 Å². The Bertz CT molecular complexity index is 1140. The lowest BCUT2D eigenvalue weighted by molar-refractivity contribution is -0.127. The first-order chi connectivity index (χ1) is 15.9. The molecule has 0 aliphatic carbocycles. The highest BCUT2D eigenvalue weighted by Gasteiger charge is 2.32. The van der Waals surface area contributed by atoms with Gasteiger partial charge in [-0.3, -0.25) is 9.69 Å². The van der Waals surface area contributed by atoms with Gasteiger partial charge in [0.25, 0.3) is 0 Å². The number of aryl methyl sites for hydroxylation is 1. The van der Waals surface area contributed by atoms with Crippen LogP contribution in [-0.2, 0) is 17.9 Å². The lowest BCUT2D eigenvalue weighted by atomic mass is 9.83. The van der Waals surface area contributed by atoms with Crippen molar-refractivity contribution >= 4 is 17.5 Å². The summed E-state index contributed by atoms with van der Waals surface area (Å²) >= 11 is 6.38. The summed E-state index contributed by atoms with van der Waals surface area (Å²) in [6.07, 6.45) is 0.646. The molecule has 1 N–H and O–H groups in total. The standard InChI is InChI=1S/C27H27ClF2N2O/c1-18-12-19(10-11-25(18)29)22-13-23(27(33)31-14-20-6-3-5-9-26(20)30)17-32(16-22)15-21-7-2-4-8-24(21)28/h2-12,22-23H,13-17H2,1H3,(H,31,33)/t22-,23-/m1/s1. The van der Waals surface area contributed by atoms with Gasteiger partial charge in [0.1, 0.15) is 11.6 Å². The van der Waals surface area contributed by atoms with Gasteiger partial charge < -0.3 is 5.32 Å². The largest absolute Gasteiger partial charge is 0.352 e. The summed E-state index contributed by atoms with van der Waals surface area (Å²) in [5, 5.41) is 3.60. The number of carbonyl (C=O) groups is 1. The van der Waals surface area contributed by atoms with E-state index in [0.29, 0.717) is 35.7 Å². The lowest BCUT2D eigenvalue weighted by Gasteiger charge is -2.37. The molecule has 1 amide bonds. The van der Waals surface area contributed by atoms with Gasteiger partial charge in [-0.15, -0.1) is 0 Å². The first-order valence-electron chi connectivity index (χ1n) is 11.1. The first kappa shape index (κ1) is 23.4. The lowest BCUT2D eigenvalue weighted by Crippen LogP contribution is -2.45. The van der Waals surface area contributed by atoms with E-state index in [-0.39, 0.29) is 35.9 Å². The molecule has 1 aliphatic heterocycles. The van der Waals surface area contributed by atoms with Gasteiger partial charge in [-0.05, 0) is 54.2 Å². The minimum absolute atomic E-state index is 0.0738.